The molecule has 1 aromatic carbocycles. The van der Waals surface area contributed by atoms with E-state index in [0.717, 1.165) is 65.4 Å². The Hall–Kier alpha value is -2.77. The van der Waals surface area contributed by atoms with Crippen LogP contribution in [0.4, 0.5) is 5.13 Å². The van der Waals surface area contributed by atoms with E-state index in [9.17, 15) is 0 Å². The van der Waals surface area contributed by atoms with Crippen molar-refractivity contribution in [1.29, 1.82) is 0 Å². The van der Waals surface area contributed by atoms with Gasteiger partial charge in [0.1, 0.15) is 16.4 Å². The zero-order valence-electron chi connectivity index (χ0n) is 15.9. The van der Waals surface area contributed by atoms with Crippen LogP contribution in [0.1, 0.15) is 24.8 Å². The van der Waals surface area contributed by atoms with Crippen LogP contribution in [0.2, 0.25) is 0 Å². The van der Waals surface area contributed by atoms with Gasteiger partial charge in [0.2, 0.25) is 0 Å². The molecule has 3 heterocycles. The largest absolute Gasteiger partial charge is 0.356 e. The van der Waals surface area contributed by atoms with Gasteiger partial charge in [0.05, 0.1) is 0 Å². The molecule has 1 aliphatic heterocycles. The molecule has 0 amide bonds. The first-order valence-corrected chi connectivity index (χ1v) is 11.6. The fourth-order valence-electron chi connectivity index (χ4n) is 3.35. The predicted molar refractivity (Wildman–Crippen MR) is 124 cm³/mol. The number of thiazole rings is 2. The number of nitrogens with one attached hydrogen (secondary N) is 2. The normalized spacial score (nSPS) is 16.1. The van der Waals surface area contributed by atoms with E-state index in [1.165, 1.54) is 11.1 Å². The molecule has 29 heavy (non-hydrogen) atoms. The van der Waals surface area contributed by atoms with Gasteiger partial charge in [-0.25, -0.2) is 9.97 Å². The van der Waals surface area contributed by atoms with Crippen molar-refractivity contribution in [2.45, 2.75) is 19.3 Å². The highest BCUT2D eigenvalue weighted by Gasteiger charge is 2.13. The molecule has 1 aliphatic carbocycles. The Balaban J connectivity index is 1.35. The molecule has 5 nitrogen and oxygen atoms in total. The molecule has 2 aliphatic rings. The lowest BCUT2D eigenvalue weighted by molar-refractivity contribution is 0.740. The van der Waals surface area contributed by atoms with Crippen LogP contribution in [0.3, 0.4) is 0 Å². The Labute approximate surface area is 178 Å². The van der Waals surface area contributed by atoms with Crippen LogP contribution in [0.25, 0.3) is 27.5 Å². The van der Waals surface area contributed by atoms with Gasteiger partial charge in [0, 0.05) is 29.4 Å². The fourth-order valence-corrected chi connectivity index (χ4v) is 4.86. The monoisotopic (exact) mass is 419 g/mol. The quantitative estimate of drug-likeness (QED) is 0.592. The minimum Gasteiger partial charge on any atom is -0.356 e. The van der Waals surface area contributed by atoms with Crippen molar-refractivity contribution in [3.05, 3.63) is 58.8 Å². The highest BCUT2D eigenvalue weighted by Crippen LogP contribution is 2.32. The summed E-state index contributed by atoms with van der Waals surface area (Å²) < 4.78 is 0. The SMILES string of the molecule is C1=CC(c2cccc(-c3nc(-c4csc(NC5=NCCCN5)n4)cs3)c2)=CCC1. The molecule has 0 bridgehead atoms. The molecule has 0 fully saturated rings. The Morgan fingerprint density at radius 3 is 2.76 bits per heavy atom. The third-order valence-corrected chi connectivity index (χ3v) is 6.48. The first-order valence-electron chi connectivity index (χ1n) is 9.79. The number of benzene rings is 1. The van der Waals surface area contributed by atoms with Gasteiger partial charge in [-0.15, -0.1) is 22.7 Å². The Morgan fingerprint density at radius 1 is 1.00 bits per heavy atom. The third-order valence-electron chi connectivity index (χ3n) is 4.83. The third kappa shape index (κ3) is 4.16. The number of aromatic nitrogens is 2. The maximum atomic E-state index is 4.85. The zero-order chi connectivity index (χ0) is 19.5. The summed E-state index contributed by atoms with van der Waals surface area (Å²) in [7, 11) is 0. The molecule has 0 saturated heterocycles. The maximum Gasteiger partial charge on any atom is 0.197 e. The molecule has 0 spiro atoms. The van der Waals surface area contributed by atoms with E-state index < -0.39 is 0 Å². The van der Waals surface area contributed by atoms with Crippen LogP contribution in [-0.4, -0.2) is 29.0 Å². The summed E-state index contributed by atoms with van der Waals surface area (Å²) in [6, 6.07) is 8.63. The second kappa shape index (κ2) is 8.31. The first kappa shape index (κ1) is 18.3. The molecular formula is C22H21N5S2. The van der Waals surface area contributed by atoms with Gasteiger partial charge in [-0.05, 0) is 36.5 Å². The van der Waals surface area contributed by atoms with Crippen molar-refractivity contribution in [1.82, 2.24) is 15.3 Å². The van der Waals surface area contributed by atoms with Crippen LogP contribution < -0.4 is 10.6 Å². The maximum absolute atomic E-state index is 4.85. The highest BCUT2D eigenvalue weighted by atomic mass is 32.1. The minimum atomic E-state index is 0.805. The lowest BCUT2D eigenvalue weighted by Gasteiger charge is -2.13. The average Bonchev–Trinajstić information content (AvgIpc) is 3.45. The van der Waals surface area contributed by atoms with Gasteiger partial charge in [0.15, 0.2) is 11.1 Å². The van der Waals surface area contributed by atoms with Crippen LogP contribution in [0.5, 0.6) is 0 Å². The van der Waals surface area contributed by atoms with Crippen LogP contribution >= 0.6 is 22.7 Å². The summed E-state index contributed by atoms with van der Waals surface area (Å²) in [4.78, 5) is 14.0. The summed E-state index contributed by atoms with van der Waals surface area (Å²) in [5, 5.41) is 12.5. The molecular weight excluding hydrogens is 398 g/mol. The number of rotatable bonds is 4. The zero-order valence-corrected chi connectivity index (χ0v) is 17.5. The molecule has 0 saturated carbocycles. The number of aliphatic imine (C=N–C) groups is 1. The van der Waals surface area contributed by atoms with Gasteiger partial charge in [-0.3, -0.25) is 4.99 Å². The number of allylic oxidation sites excluding steroid dienone is 4. The van der Waals surface area contributed by atoms with E-state index in [2.05, 4.69) is 68.5 Å². The van der Waals surface area contributed by atoms with Crippen molar-refractivity contribution >= 4 is 39.3 Å². The number of hydrogen-bond acceptors (Lipinski definition) is 7. The van der Waals surface area contributed by atoms with E-state index in [-0.39, 0.29) is 0 Å². The second-order valence-corrected chi connectivity index (χ2v) is 8.65. The average molecular weight is 420 g/mol. The molecule has 2 N–H and O–H groups in total. The van der Waals surface area contributed by atoms with E-state index in [1.54, 1.807) is 22.7 Å². The summed E-state index contributed by atoms with van der Waals surface area (Å²) in [5.74, 6) is 0.805. The van der Waals surface area contributed by atoms with Gasteiger partial charge >= 0.3 is 0 Å². The van der Waals surface area contributed by atoms with Crippen molar-refractivity contribution in [2.24, 2.45) is 4.99 Å². The van der Waals surface area contributed by atoms with Crippen molar-refractivity contribution in [3.63, 3.8) is 0 Å². The van der Waals surface area contributed by atoms with E-state index in [1.807, 2.05) is 5.38 Å². The standard InChI is InChI=1S/C22H21N5S2/c1-2-6-15(7-3-1)16-8-4-9-17(12-16)20-25-18(13-28-20)19-14-29-22(26-19)27-21-23-10-5-11-24-21/h2,4,6-9,12-14H,1,3,5,10-11H2,(H2,23,24,26,27). The van der Waals surface area contributed by atoms with Crippen LogP contribution in [-0.2, 0) is 0 Å². The molecule has 0 radical (unpaired) electrons. The molecule has 3 aromatic rings. The minimum absolute atomic E-state index is 0.805. The van der Waals surface area contributed by atoms with Crippen LogP contribution in [0.15, 0.2) is 58.2 Å². The van der Waals surface area contributed by atoms with E-state index in [0.29, 0.717) is 0 Å². The predicted octanol–water partition coefficient (Wildman–Crippen LogP) is 5.43. The molecule has 0 unspecified atom stereocenters. The summed E-state index contributed by atoms with van der Waals surface area (Å²) in [5.41, 5.74) is 5.49. The van der Waals surface area contributed by atoms with Crippen molar-refractivity contribution in [3.8, 4) is 22.0 Å². The molecule has 0 atom stereocenters. The van der Waals surface area contributed by atoms with Gasteiger partial charge in [-0.2, -0.15) is 0 Å². The lowest BCUT2D eigenvalue weighted by Crippen LogP contribution is -2.35. The summed E-state index contributed by atoms with van der Waals surface area (Å²) in [6.07, 6.45) is 10.1. The number of guanidine groups is 1. The Morgan fingerprint density at radius 2 is 1.90 bits per heavy atom. The van der Waals surface area contributed by atoms with Gasteiger partial charge in [-0.1, -0.05) is 36.4 Å². The topological polar surface area (TPSA) is 62.2 Å². The second-order valence-electron chi connectivity index (χ2n) is 6.93. The molecule has 7 heteroatoms. The van der Waals surface area contributed by atoms with E-state index in [4.69, 9.17) is 4.98 Å². The summed E-state index contributed by atoms with van der Waals surface area (Å²) in [6.45, 7) is 1.81. The highest BCUT2D eigenvalue weighted by molar-refractivity contribution is 7.14. The first-order chi connectivity index (χ1) is 14.3. The smallest absolute Gasteiger partial charge is 0.197 e. The van der Waals surface area contributed by atoms with Crippen LogP contribution in [0, 0.1) is 0 Å². The van der Waals surface area contributed by atoms with Gasteiger partial charge < -0.3 is 10.6 Å². The number of hydrogen-bond donors (Lipinski definition) is 2. The molecule has 146 valence electrons. The lowest BCUT2D eigenvalue weighted by atomic mass is 9.98. The van der Waals surface area contributed by atoms with Crippen molar-refractivity contribution in [2.75, 3.05) is 18.4 Å². The Kier molecular flexibility index (Phi) is 5.23. The Bertz CT molecular complexity index is 1110. The van der Waals surface area contributed by atoms with Crippen molar-refractivity contribution < 1.29 is 0 Å². The number of anilines is 1. The fraction of sp³-hybridized carbons (Fsp3) is 0.227. The van der Waals surface area contributed by atoms with E-state index >= 15 is 0 Å². The number of nitrogens with zero attached hydrogens (tertiary/aromatic N) is 3. The van der Waals surface area contributed by atoms with Gasteiger partial charge in [0.25, 0.3) is 0 Å². The molecule has 2 aromatic heterocycles. The molecule has 5 rings (SSSR count). The summed E-state index contributed by atoms with van der Waals surface area (Å²) >= 11 is 3.23.